The maximum absolute atomic E-state index is 12.4. The third-order valence-corrected chi connectivity index (χ3v) is 3.86. The molecule has 1 aliphatic rings. The Hall–Kier alpha value is -2.70. The number of carbonyl (C=O) groups excluding carboxylic acids is 1. The lowest BCUT2D eigenvalue weighted by Gasteiger charge is -2.31. The molecule has 0 saturated carbocycles. The molecule has 4 N–H and O–H groups in total. The average molecular weight is 298 g/mol. The van der Waals surface area contributed by atoms with Gasteiger partial charge in [0.2, 0.25) is 11.9 Å². The first kappa shape index (κ1) is 14.2. The fourth-order valence-electron chi connectivity index (χ4n) is 2.71. The maximum Gasteiger partial charge on any atom is 0.253 e. The Balaban J connectivity index is 1.66. The van der Waals surface area contributed by atoms with Gasteiger partial charge in [-0.2, -0.15) is 15.0 Å². The van der Waals surface area contributed by atoms with Crippen molar-refractivity contribution in [2.45, 2.75) is 18.8 Å². The molecule has 2 aromatic rings. The van der Waals surface area contributed by atoms with Crippen molar-refractivity contribution in [3.63, 3.8) is 0 Å². The van der Waals surface area contributed by atoms with E-state index in [-0.39, 0.29) is 23.7 Å². The zero-order valence-electron chi connectivity index (χ0n) is 12.1. The first-order valence-electron chi connectivity index (χ1n) is 7.25. The molecule has 3 rings (SSSR count). The summed E-state index contributed by atoms with van der Waals surface area (Å²) in [5, 5.41) is 0. The highest BCUT2D eigenvalue weighted by molar-refractivity contribution is 5.94. The Bertz CT molecular complexity index is 647. The summed E-state index contributed by atoms with van der Waals surface area (Å²) in [6, 6.07) is 9.31. The quantitative estimate of drug-likeness (QED) is 0.857. The van der Waals surface area contributed by atoms with E-state index in [0.717, 1.165) is 18.4 Å². The third kappa shape index (κ3) is 2.98. The molecule has 0 unspecified atom stereocenters. The number of nitrogens with two attached hydrogens (primary N) is 2. The summed E-state index contributed by atoms with van der Waals surface area (Å²) in [4.78, 5) is 26.4. The van der Waals surface area contributed by atoms with Crippen LogP contribution in [-0.4, -0.2) is 38.8 Å². The SMILES string of the molecule is Nc1nc(N)nc(C2CCN(C(=O)c3ccccc3)CC2)n1. The molecule has 7 heteroatoms. The van der Waals surface area contributed by atoms with Crippen LogP contribution in [-0.2, 0) is 0 Å². The minimum Gasteiger partial charge on any atom is -0.368 e. The van der Waals surface area contributed by atoms with Crippen LogP contribution in [0.2, 0.25) is 0 Å². The summed E-state index contributed by atoms with van der Waals surface area (Å²) >= 11 is 0. The largest absolute Gasteiger partial charge is 0.368 e. The second-order valence-corrected chi connectivity index (χ2v) is 5.34. The number of carbonyl (C=O) groups is 1. The van der Waals surface area contributed by atoms with E-state index in [4.69, 9.17) is 11.5 Å². The first-order valence-corrected chi connectivity index (χ1v) is 7.25. The van der Waals surface area contributed by atoms with Crippen molar-refractivity contribution in [1.29, 1.82) is 0 Å². The lowest BCUT2D eigenvalue weighted by atomic mass is 9.95. The number of aromatic nitrogens is 3. The van der Waals surface area contributed by atoms with E-state index in [1.165, 1.54) is 0 Å². The van der Waals surface area contributed by atoms with E-state index in [9.17, 15) is 4.79 Å². The van der Waals surface area contributed by atoms with Crippen LogP contribution in [0.5, 0.6) is 0 Å². The lowest BCUT2D eigenvalue weighted by molar-refractivity contribution is 0.0711. The molecular formula is C15H18N6O. The van der Waals surface area contributed by atoms with Gasteiger partial charge in [0.15, 0.2) is 0 Å². The maximum atomic E-state index is 12.4. The zero-order chi connectivity index (χ0) is 15.5. The second kappa shape index (κ2) is 5.97. The van der Waals surface area contributed by atoms with Gasteiger partial charge in [0.25, 0.3) is 5.91 Å². The van der Waals surface area contributed by atoms with E-state index in [1.54, 1.807) is 0 Å². The predicted molar refractivity (Wildman–Crippen MR) is 83.0 cm³/mol. The number of nitrogen functional groups attached to an aromatic ring is 2. The Morgan fingerprint density at radius 3 is 2.18 bits per heavy atom. The molecule has 0 atom stereocenters. The van der Waals surface area contributed by atoms with Crippen molar-refractivity contribution < 1.29 is 4.79 Å². The van der Waals surface area contributed by atoms with E-state index in [0.29, 0.717) is 18.9 Å². The van der Waals surface area contributed by atoms with E-state index in [2.05, 4.69) is 15.0 Å². The highest BCUT2D eigenvalue weighted by atomic mass is 16.2. The van der Waals surface area contributed by atoms with Crippen LogP contribution in [0.15, 0.2) is 30.3 Å². The Morgan fingerprint density at radius 1 is 1.00 bits per heavy atom. The van der Waals surface area contributed by atoms with Crippen LogP contribution >= 0.6 is 0 Å². The molecule has 22 heavy (non-hydrogen) atoms. The molecular weight excluding hydrogens is 280 g/mol. The van der Waals surface area contributed by atoms with Crippen LogP contribution < -0.4 is 11.5 Å². The molecule has 1 saturated heterocycles. The summed E-state index contributed by atoms with van der Waals surface area (Å²) in [6.45, 7) is 1.34. The minimum atomic E-state index is 0.0636. The number of amides is 1. The molecule has 1 aromatic carbocycles. The van der Waals surface area contributed by atoms with Gasteiger partial charge < -0.3 is 16.4 Å². The Labute approximate surface area is 128 Å². The van der Waals surface area contributed by atoms with Crippen molar-refractivity contribution >= 4 is 17.8 Å². The van der Waals surface area contributed by atoms with Gasteiger partial charge in [-0.3, -0.25) is 4.79 Å². The molecule has 1 aliphatic heterocycles. The monoisotopic (exact) mass is 298 g/mol. The number of nitrogens with zero attached hydrogens (tertiary/aromatic N) is 4. The highest BCUT2D eigenvalue weighted by Crippen LogP contribution is 2.26. The number of anilines is 2. The number of hydrogen-bond donors (Lipinski definition) is 2. The minimum absolute atomic E-state index is 0.0636. The van der Waals surface area contributed by atoms with Crippen LogP contribution in [0, 0.1) is 0 Å². The van der Waals surface area contributed by atoms with Gasteiger partial charge in [0.1, 0.15) is 5.82 Å². The van der Waals surface area contributed by atoms with Crippen molar-refractivity contribution in [3.05, 3.63) is 41.7 Å². The molecule has 1 aromatic heterocycles. The van der Waals surface area contributed by atoms with Gasteiger partial charge in [-0.1, -0.05) is 18.2 Å². The van der Waals surface area contributed by atoms with Crippen LogP contribution in [0.1, 0.15) is 34.9 Å². The topological polar surface area (TPSA) is 111 Å². The first-order chi connectivity index (χ1) is 10.6. The highest BCUT2D eigenvalue weighted by Gasteiger charge is 2.26. The standard InChI is InChI=1S/C15H18N6O/c16-14-18-12(19-15(17)20-14)10-6-8-21(9-7-10)13(22)11-4-2-1-3-5-11/h1-5,10H,6-9H2,(H4,16,17,18,19,20). The summed E-state index contributed by atoms with van der Waals surface area (Å²) in [7, 11) is 0. The molecule has 114 valence electrons. The van der Waals surface area contributed by atoms with E-state index in [1.807, 2.05) is 35.2 Å². The summed E-state index contributed by atoms with van der Waals surface area (Å²) < 4.78 is 0. The second-order valence-electron chi connectivity index (χ2n) is 5.34. The van der Waals surface area contributed by atoms with Crippen molar-refractivity contribution in [3.8, 4) is 0 Å². The molecule has 0 radical (unpaired) electrons. The van der Waals surface area contributed by atoms with Crippen molar-refractivity contribution in [2.75, 3.05) is 24.6 Å². The van der Waals surface area contributed by atoms with Crippen LogP contribution in [0.3, 0.4) is 0 Å². The number of benzene rings is 1. The molecule has 7 nitrogen and oxygen atoms in total. The fraction of sp³-hybridized carbons (Fsp3) is 0.333. The number of hydrogen-bond acceptors (Lipinski definition) is 6. The van der Waals surface area contributed by atoms with Crippen molar-refractivity contribution in [2.24, 2.45) is 0 Å². The summed E-state index contributed by atoms with van der Waals surface area (Å²) in [5.41, 5.74) is 11.9. The smallest absolute Gasteiger partial charge is 0.253 e. The van der Waals surface area contributed by atoms with E-state index >= 15 is 0 Å². The molecule has 1 amide bonds. The zero-order valence-corrected chi connectivity index (χ0v) is 12.1. The normalized spacial score (nSPS) is 15.7. The van der Waals surface area contributed by atoms with Gasteiger partial charge in [-0.05, 0) is 25.0 Å². The Morgan fingerprint density at radius 2 is 1.59 bits per heavy atom. The van der Waals surface area contributed by atoms with Gasteiger partial charge >= 0.3 is 0 Å². The van der Waals surface area contributed by atoms with Gasteiger partial charge in [0, 0.05) is 24.6 Å². The Kier molecular flexibility index (Phi) is 3.86. The number of rotatable bonds is 2. The predicted octanol–water partition coefficient (Wildman–Crippen LogP) is 1.06. The summed E-state index contributed by atoms with van der Waals surface area (Å²) in [5.74, 6) is 1.13. The van der Waals surface area contributed by atoms with Gasteiger partial charge in [0.05, 0.1) is 0 Å². The van der Waals surface area contributed by atoms with Gasteiger partial charge in [-0.15, -0.1) is 0 Å². The molecule has 1 fully saturated rings. The molecule has 0 bridgehead atoms. The van der Waals surface area contributed by atoms with Gasteiger partial charge in [-0.25, -0.2) is 0 Å². The number of likely N-dealkylation sites (tertiary alicyclic amines) is 1. The van der Waals surface area contributed by atoms with E-state index < -0.39 is 0 Å². The van der Waals surface area contributed by atoms with Crippen LogP contribution in [0.25, 0.3) is 0 Å². The third-order valence-electron chi connectivity index (χ3n) is 3.86. The summed E-state index contributed by atoms with van der Waals surface area (Å²) in [6.07, 6.45) is 1.59. The molecule has 0 aliphatic carbocycles. The molecule has 2 heterocycles. The average Bonchev–Trinajstić information content (AvgIpc) is 2.54. The lowest BCUT2D eigenvalue weighted by Crippen LogP contribution is -2.38. The van der Waals surface area contributed by atoms with Crippen molar-refractivity contribution in [1.82, 2.24) is 19.9 Å². The number of piperidine rings is 1. The fourth-order valence-corrected chi connectivity index (χ4v) is 2.71. The van der Waals surface area contributed by atoms with Crippen LogP contribution in [0.4, 0.5) is 11.9 Å². The molecule has 0 spiro atoms.